The standard InChI is InChI=1S/C19H27NO3S/c1-3-5-6-14(4-2)18(21)20-9-12-24-19(20)15-7-8-16-17(13-15)23-11-10-22-16/h7-8,13-14,19H,3-6,9-12H2,1-2H3/t14-,19-/m1/s1. The van der Waals surface area contributed by atoms with Crippen LogP contribution < -0.4 is 9.47 Å². The number of carbonyl (C=O) groups is 1. The van der Waals surface area contributed by atoms with Gasteiger partial charge in [0.25, 0.3) is 0 Å². The molecule has 2 aliphatic rings. The number of hydrogen-bond acceptors (Lipinski definition) is 4. The number of hydrogen-bond donors (Lipinski definition) is 0. The van der Waals surface area contributed by atoms with E-state index in [1.165, 1.54) is 0 Å². The number of unbranched alkanes of at least 4 members (excludes halogenated alkanes) is 1. The third kappa shape index (κ3) is 3.66. The maximum atomic E-state index is 13.0. The minimum Gasteiger partial charge on any atom is -0.486 e. The second-order valence-electron chi connectivity index (χ2n) is 6.41. The van der Waals surface area contributed by atoms with Crippen molar-refractivity contribution in [1.82, 2.24) is 4.90 Å². The molecule has 1 amide bonds. The van der Waals surface area contributed by atoms with Gasteiger partial charge in [-0.3, -0.25) is 4.79 Å². The predicted molar refractivity (Wildman–Crippen MR) is 97.7 cm³/mol. The average molecular weight is 349 g/mol. The molecular formula is C19H27NO3S. The monoisotopic (exact) mass is 349 g/mol. The number of ether oxygens (including phenoxy) is 2. The number of benzene rings is 1. The van der Waals surface area contributed by atoms with Crippen LogP contribution in [0.2, 0.25) is 0 Å². The van der Waals surface area contributed by atoms with Crippen LogP contribution in [-0.4, -0.2) is 36.3 Å². The molecular weight excluding hydrogens is 322 g/mol. The zero-order chi connectivity index (χ0) is 16.9. The molecule has 2 heterocycles. The highest BCUT2D eigenvalue weighted by molar-refractivity contribution is 7.99. The topological polar surface area (TPSA) is 38.8 Å². The summed E-state index contributed by atoms with van der Waals surface area (Å²) in [7, 11) is 0. The molecule has 132 valence electrons. The molecule has 1 aromatic rings. The Morgan fingerprint density at radius 2 is 2.08 bits per heavy atom. The molecule has 1 aromatic carbocycles. The van der Waals surface area contributed by atoms with Gasteiger partial charge in [-0.05, 0) is 30.5 Å². The molecule has 3 rings (SSSR count). The molecule has 4 nitrogen and oxygen atoms in total. The van der Waals surface area contributed by atoms with Crippen LogP contribution in [0.15, 0.2) is 18.2 Å². The highest BCUT2D eigenvalue weighted by atomic mass is 32.2. The summed E-state index contributed by atoms with van der Waals surface area (Å²) >= 11 is 1.84. The Morgan fingerprint density at radius 3 is 2.83 bits per heavy atom. The van der Waals surface area contributed by atoms with E-state index in [9.17, 15) is 4.79 Å². The van der Waals surface area contributed by atoms with Crippen molar-refractivity contribution in [2.45, 2.75) is 44.9 Å². The molecule has 1 saturated heterocycles. The number of nitrogens with zero attached hydrogens (tertiary/aromatic N) is 1. The Kier molecular flexibility index (Phi) is 5.93. The Balaban J connectivity index is 1.76. The smallest absolute Gasteiger partial charge is 0.226 e. The van der Waals surface area contributed by atoms with Gasteiger partial charge in [-0.1, -0.05) is 32.8 Å². The van der Waals surface area contributed by atoms with Crippen molar-refractivity contribution in [3.05, 3.63) is 23.8 Å². The lowest BCUT2D eigenvalue weighted by Gasteiger charge is -2.29. The first-order valence-corrected chi connectivity index (χ1v) is 10.1. The molecule has 24 heavy (non-hydrogen) atoms. The minimum atomic E-state index is 0.101. The molecule has 0 aromatic heterocycles. The van der Waals surface area contributed by atoms with E-state index < -0.39 is 0 Å². The van der Waals surface area contributed by atoms with E-state index in [4.69, 9.17) is 9.47 Å². The molecule has 0 spiro atoms. The molecule has 0 aliphatic carbocycles. The van der Waals surface area contributed by atoms with Crippen LogP contribution in [0, 0.1) is 5.92 Å². The van der Waals surface area contributed by atoms with Crippen molar-refractivity contribution in [1.29, 1.82) is 0 Å². The van der Waals surface area contributed by atoms with Gasteiger partial charge in [0.15, 0.2) is 11.5 Å². The zero-order valence-corrected chi connectivity index (χ0v) is 15.4. The van der Waals surface area contributed by atoms with E-state index in [1.807, 2.05) is 23.9 Å². The lowest BCUT2D eigenvalue weighted by molar-refractivity contribution is -0.136. The van der Waals surface area contributed by atoms with Gasteiger partial charge >= 0.3 is 0 Å². The minimum absolute atomic E-state index is 0.101. The average Bonchev–Trinajstić information content (AvgIpc) is 3.11. The first-order valence-electron chi connectivity index (χ1n) is 9.06. The highest BCUT2D eigenvalue weighted by Crippen LogP contribution is 2.42. The van der Waals surface area contributed by atoms with Gasteiger partial charge < -0.3 is 14.4 Å². The maximum Gasteiger partial charge on any atom is 0.226 e. The van der Waals surface area contributed by atoms with E-state index in [0.29, 0.717) is 19.1 Å². The number of amides is 1. The van der Waals surface area contributed by atoms with Crippen LogP contribution in [0.25, 0.3) is 0 Å². The Bertz CT molecular complexity index is 578. The van der Waals surface area contributed by atoms with Gasteiger partial charge in [0.05, 0.1) is 0 Å². The van der Waals surface area contributed by atoms with Crippen molar-refractivity contribution in [3.63, 3.8) is 0 Å². The summed E-state index contributed by atoms with van der Waals surface area (Å²) in [6, 6.07) is 6.09. The molecule has 0 unspecified atom stereocenters. The van der Waals surface area contributed by atoms with Crippen molar-refractivity contribution < 1.29 is 14.3 Å². The van der Waals surface area contributed by atoms with Gasteiger partial charge in [0.1, 0.15) is 18.6 Å². The normalized spacial score (nSPS) is 20.9. The van der Waals surface area contributed by atoms with Crippen molar-refractivity contribution in [3.8, 4) is 11.5 Å². The summed E-state index contributed by atoms with van der Waals surface area (Å²) in [6.07, 6.45) is 4.19. The lowest BCUT2D eigenvalue weighted by Crippen LogP contribution is -2.35. The lowest BCUT2D eigenvalue weighted by atomic mass is 9.97. The number of rotatable bonds is 6. The van der Waals surface area contributed by atoms with E-state index in [1.54, 1.807) is 0 Å². The Labute approximate surface area is 148 Å². The van der Waals surface area contributed by atoms with Crippen molar-refractivity contribution >= 4 is 17.7 Å². The van der Waals surface area contributed by atoms with Crippen LogP contribution in [-0.2, 0) is 4.79 Å². The second-order valence-corrected chi connectivity index (χ2v) is 7.59. The van der Waals surface area contributed by atoms with Crippen LogP contribution in [0.1, 0.15) is 50.5 Å². The largest absolute Gasteiger partial charge is 0.486 e. The first kappa shape index (κ1) is 17.5. The predicted octanol–water partition coefficient (Wildman–Crippen LogP) is 4.25. The van der Waals surface area contributed by atoms with Gasteiger partial charge in [-0.25, -0.2) is 0 Å². The van der Waals surface area contributed by atoms with E-state index in [0.717, 1.165) is 55.0 Å². The molecule has 0 saturated carbocycles. The van der Waals surface area contributed by atoms with E-state index in [-0.39, 0.29) is 11.3 Å². The van der Waals surface area contributed by atoms with Crippen LogP contribution in [0.4, 0.5) is 0 Å². The Hall–Kier alpha value is -1.36. The van der Waals surface area contributed by atoms with Crippen LogP contribution >= 0.6 is 11.8 Å². The van der Waals surface area contributed by atoms with Crippen LogP contribution in [0.3, 0.4) is 0 Å². The quantitative estimate of drug-likeness (QED) is 0.770. The summed E-state index contributed by atoms with van der Waals surface area (Å²) in [5, 5.41) is 0.101. The summed E-state index contributed by atoms with van der Waals surface area (Å²) in [4.78, 5) is 15.1. The second kappa shape index (κ2) is 8.15. The third-order valence-electron chi connectivity index (χ3n) is 4.77. The third-order valence-corrected chi connectivity index (χ3v) is 6.03. The fraction of sp³-hybridized carbons (Fsp3) is 0.632. The van der Waals surface area contributed by atoms with E-state index in [2.05, 4.69) is 24.8 Å². The number of thioether (sulfide) groups is 1. The van der Waals surface area contributed by atoms with E-state index >= 15 is 0 Å². The van der Waals surface area contributed by atoms with Crippen LogP contribution in [0.5, 0.6) is 11.5 Å². The van der Waals surface area contributed by atoms with Gasteiger partial charge in [-0.2, -0.15) is 0 Å². The molecule has 2 atom stereocenters. The molecule has 0 N–H and O–H groups in total. The maximum absolute atomic E-state index is 13.0. The molecule has 0 radical (unpaired) electrons. The van der Waals surface area contributed by atoms with Crippen molar-refractivity contribution in [2.75, 3.05) is 25.5 Å². The summed E-state index contributed by atoms with van der Waals surface area (Å²) in [5.74, 6) is 3.07. The first-order chi connectivity index (χ1) is 11.7. The summed E-state index contributed by atoms with van der Waals surface area (Å²) in [5.41, 5.74) is 1.14. The molecule has 2 aliphatic heterocycles. The van der Waals surface area contributed by atoms with Crippen molar-refractivity contribution in [2.24, 2.45) is 5.92 Å². The molecule has 1 fully saturated rings. The Morgan fingerprint density at radius 1 is 1.29 bits per heavy atom. The summed E-state index contributed by atoms with van der Waals surface area (Å²) < 4.78 is 11.3. The molecule has 5 heteroatoms. The van der Waals surface area contributed by atoms with Gasteiger partial charge in [0, 0.05) is 18.2 Å². The zero-order valence-electron chi connectivity index (χ0n) is 14.6. The summed E-state index contributed by atoms with van der Waals surface area (Å²) in [6.45, 7) is 6.34. The van der Waals surface area contributed by atoms with Gasteiger partial charge in [0.2, 0.25) is 5.91 Å². The number of fused-ring (bicyclic) bond motifs is 1. The highest BCUT2D eigenvalue weighted by Gasteiger charge is 2.34. The SMILES string of the molecule is CCCC[C@@H](CC)C(=O)N1CCS[C@@H]1c1ccc2c(c1)OCCO2. The molecule has 0 bridgehead atoms. The fourth-order valence-corrected chi connectivity index (χ4v) is 4.63. The van der Waals surface area contributed by atoms with Gasteiger partial charge in [-0.15, -0.1) is 11.8 Å². The number of carbonyl (C=O) groups excluding carboxylic acids is 1. The fourth-order valence-electron chi connectivity index (χ4n) is 3.37.